The van der Waals surface area contributed by atoms with Crippen LogP contribution in [0.1, 0.15) is 19.8 Å². The third-order valence-corrected chi connectivity index (χ3v) is 3.83. The van der Waals surface area contributed by atoms with E-state index in [2.05, 4.69) is 10.6 Å². The van der Waals surface area contributed by atoms with Gasteiger partial charge in [0.05, 0.1) is 10.3 Å². The Morgan fingerprint density at radius 3 is 2.90 bits per heavy atom. The number of amides is 1. The third kappa shape index (κ3) is 2.49. The van der Waals surface area contributed by atoms with Crippen LogP contribution in [0.15, 0.2) is 18.2 Å². The van der Waals surface area contributed by atoms with E-state index < -0.39 is 21.8 Å². The molecule has 0 saturated carbocycles. The average molecular weight is 281 g/mol. The van der Waals surface area contributed by atoms with Crippen molar-refractivity contribution in [2.75, 3.05) is 18.4 Å². The van der Waals surface area contributed by atoms with Crippen molar-refractivity contribution in [1.29, 1.82) is 0 Å². The molecule has 20 heavy (non-hydrogen) atoms. The van der Waals surface area contributed by atoms with Gasteiger partial charge in [-0.2, -0.15) is 0 Å². The fourth-order valence-electron chi connectivity index (χ4n) is 2.43. The molecule has 0 aliphatic carbocycles. The Hall–Kier alpha value is -2.02. The number of carbonyl (C=O) groups is 1. The summed E-state index contributed by atoms with van der Waals surface area (Å²) >= 11 is 0. The van der Waals surface area contributed by atoms with Gasteiger partial charge in [0.2, 0.25) is 5.91 Å². The molecule has 0 spiro atoms. The summed E-state index contributed by atoms with van der Waals surface area (Å²) in [7, 11) is 0. The molecule has 2 rings (SSSR count). The van der Waals surface area contributed by atoms with Crippen molar-refractivity contribution in [2.45, 2.75) is 19.8 Å². The zero-order chi connectivity index (χ0) is 14.8. The zero-order valence-electron chi connectivity index (χ0n) is 11.1. The summed E-state index contributed by atoms with van der Waals surface area (Å²) in [5.41, 5.74) is -1.42. The average Bonchev–Trinajstić information content (AvgIpc) is 2.90. The molecule has 1 aromatic rings. The molecule has 1 heterocycles. The van der Waals surface area contributed by atoms with Crippen LogP contribution in [0.2, 0.25) is 0 Å². The topological polar surface area (TPSA) is 84.3 Å². The van der Waals surface area contributed by atoms with Crippen LogP contribution >= 0.6 is 0 Å². The first-order valence-corrected chi connectivity index (χ1v) is 6.45. The number of para-hydroxylation sites is 1. The molecule has 6 nitrogen and oxygen atoms in total. The van der Waals surface area contributed by atoms with Crippen molar-refractivity contribution in [3.8, 4) is 0 Å². The maximum atomic E-state index is 13.8. The lowest BCUT2D eigenvalue weighted by Crippen LogP contribution is -2.38. The van der Waals surface area contributed by atoms with E-state index in [1.807, 2.05) is 6.92 Å². The summed E-state index contributed by atoms with van der Waals surface area (Å²) in [6.45, 7) is 3.08. The minimum absolute atomic E-state index is 0.359. The highest BCUT2D eigenvalue weighted by Gasteiger charge is 2.40. The molecule has 0 radical (unpaired) electrons. The Labute approximate surface area is 115 Å². The smallest absolute Gasteiger partial charge is 0.295 e. The molecule has 1 fully saturated rings. The number of nitro groups is 1. The van der Waals surface area contributed by atoms with Crippen LogP contribution in [0, 0.1) is 21.3 Å². The summed E-state index contributed by atoms with van der Waals surface area (Å²) in [5.74, 6) is -1.18. The number of hydrogen-bond acceptors (Lipinski definition) is 4. The lowest BCUT2D eigenvalue weighted by atomic mass is 9.83. The van der Waals surface area contributed by atoms with Gasteiger partial charge in [-0.25, -0.2) is 4.39 Å². The second-order valence-corrected chi connectivity index (χ2v) is 4.91. The van der Waals surface area contributed by atoms with Crippen LogP contribution in [0.3, 0.4) is 0 Å². The van der Waals surface area contributed by atoms with E-state index in [0.717, 1.165) is 6.07 Å². The minimum atomic E-state index is -0.801. The van der Waals surface area contributed by atoms with Gasteiger partial charge in [-0.1, -0.05) is 13.0 Å². The highest BCUT2D eigenvalue weighted by molar-refractivity contribution is 5.97. The zero-order valence-corrected chi connectivity index (χ0v) is 11.1. The fraction of sp³-hybridized carbons (Fsp3) is 0.462. The summed E-state index contributed by atoms with van der Waals surface area (Å²) < 4.78 is 13.8. The molecule has 108 valence electrons. The maximum absolute atomic E-state index is 13.8. The van der Waals surface area contributed by atoms with Crippen LogP contribution < -0.4 is 10.6 Å². The Bertz CT molecular complexity index is 542. The molecule has 1 saturated heterocycles. The third-order valence-electron chi connectivity index (χ3n) is 3.83. The predicted octanol–water partition coefficient (Wildman–Crippen LogP) is 2.06. The van der Waals surface area contributed by atoms with Crippen LogP contribution in [0.5, 0.6) is 0 Å². The van der Waals surface area contributed by atoms with Gasteiger partial charge in [0, 0.05) is 12.6 Å². The summed E-state index contributed by atoms with van der Waals surface area (Å²) in [6, 6.07) is 3.51. The van der Waals surface area contributed by atoms with Crippen molar-refractivity contribution in [2.24, 2.45) is 5.41 Å². The molecule has 1 amide bonds. The summed E-state index contributed by atoms with van der Waals surface area (Å²) in [6.07, 6.45) is 1.23. The van der Waals surface area contributed by atoms with E-state index in [9.17, 15) is 19.3 Å². The van der Waals surface area contributed by atoms with Crippen LogP contribution in [0.25, 0.3) is 0 Å². The molecular weight excluding hydrogens is 265 g/mol. The molecule has 1 atom stereocenters. The van der Waals surface area contributed by atoms with Gasteiger partial charge in [0.1, 0.15) is 0 Å². The molecule has 1 aromatic carbocycles. The van der Waals surface area contributed by atoms with E-state index >= 15 is 0 Å². The summed E-state index contributed by atoms with van der Waals surface area (Å²) in [5, 5.41) is 16.4. The monoisotopic (exact) mass is 281 g/mol. The van der Waals surface area contributed by atoms with Crippen molar-refractivity contribution in [3.63, 3.8) is 0 Å². The van der Waals surface area contributed by atoms with E-state index in [1.54, 1.807) is 0 Å². The second kappa shape index (κ2) is 5.54. The minimum Gasteiger partial charge on any atom is -0.317 e. The Morgan fingerprint density at radius 2 is 2.35 bits per heavy atom. The lowest BCUT2D eigenvalue weighted by Gasteiger charge is -2.25. The summed E-state index contributed by atoms with van der Waals surface area (Å²) in [4.78, 5) is 22.6. The first-order valence-electron chi connectivity index (χ1n) is 6.45. The molecule has 2 N–H and O–H groups in total. The number of carbonyl (C=O) groups excluding carboxylic acids is 1. The Morgan fingerprint density at radius 1 is 1.60 bits per heavy atom. The van der Waals surface area contributed by atoms with E-state index in [-0.39, 0.29) is 11.6 Å². The van der Waals surface area contributed by atoms with Gasteiger partial charge >= 0.3 is 0 Å². The normalized spacial score (nSPS) is 21.7. The van der Waals surface area contributed by atoms with E-state index in [1.165, 1.54) is 12.1 Å². The van der Waals surface area contributed by atoms with Crippen molar-refractivity contribution in [1.82, 2.24) is 5.32 Å². The first kappa shape index (κ1) is 14.4. The van der Waals surface area contributed by atoms with Gasteiger partial charge in [0.25, 0.3) is 5.69 Å². The maximum Gasteiger partial charge on any atom is 0.295 e. The quantitative estimate of drug-likeness (QED) is 0.653. The predicted molar refractivity (Wildman–Crippen MR) is 71.9 cm³/mol. The first-order chi connectivity index (χ1) is 9.50. The second-order valence-electron chi connectivity index (χ2n) is 4.91. The number of nitro benzene ring substituents is 1. The largest absolute Gasteiger partial charge is 0.317 e. The van der Waals surface area contributed by atoms with E-state index in [0.29, 0.717) is 25.9 Å². The highest BCUT2D eigenvalue weighted by atomic mass is 19.1. The van der Waals surface area contributed by atoms with Gasteiger partial charge in [-0.05, 0) is 25.5 Å². The van der Waals surface area contributed by atoms with Crippen molar-refractivity contribution in [3.05, 3.63) is 34.1 Å². The Balaban J connectivity index is 2.30. The van der Waals surface area contributed by atoms with Gasteiger partial charge in [0.15, 0.2) is 11.5 Å². The SMILES string of the molecule is CCC1(C(=O)Nc2c(F)cccc2[N+](=O)[O-])CCNC1. The number of nitrogens with zero attached hydrogens (tertiary/aromatic N) is 1. The molecule has 1 unspecified atom stereocenters. The van der Waals surface area contributed by atoms with E-state index in [4.69, 9.17) is 0 Å². The van der Waals surface area contributed by atoms with Crippen molar-refractivity contribution < 1.29 is 14.1 Å². The number of rotatable bonds is 4. The van der Waals surface area contributed by atoms with Gasteiger partial charge < -0.3 is 10.6 Å². The van der Waals surface area contributed by atoms with Crippen LogP contribution in [-0.4, -0.2) is 23.9 Å². The number of halogens is 1. The molecule has 1 aliphatic heterocycles. The highest BCUT2D eigenvalue weighted by Crippen LogP contribution is 2.33. The lowest BCUT2D eigenvalue weighted by molar-refractivity contribution is -0.384. The van der Waals surface area contributed by atoms with Crippen molar-refractivity contribution >= 4 is 17.3 Å². The van der Waals surface area contributed by atoms with Crippen LogP contribution in [0.4, 0.5) is 15.8 Å². The molecule has 0 aromatic heterocycles. The number of benzene rings is 1. The number of nitrogens with one attached hydrogen (secondary N) is 2. The standard InChI is InChI=1S/C13H16FN3O3/c1-2-13(6-7-15-8-13)12(18)16-11-9(14)4-3-5-10(11)17(19)20/h3-5,15H,2,6-8H2,1H3,(H,16,18). The fourth-order valence-corrected chi connectivity index (χ4v) is 2.43. The molecular formula is C13H16FN3O3. The molecule has 7 heteroatoms. The van der Waals surface area contributed by atoms with Gasteiger partial charge in [-0.3, -0.25) is 14.9 Å². The molecule has 1 aliphatic rings. The van der Waals surface area contributed by atoms with Gasteiger partial charge in [-0.15, -0.1) is 0 Å². The molecule has 0 bridgehead atoms. The van der Waals surface area contributed by atoms with Crippen LogP contribution in [-0.2, 0) is 4.79 Å². The number of anilines is 1. The number of hydrogen-bond donors (Lipinski definition) is 2. The Kier molecular flexibility index (Phi) is 3.99.